The molecule has 2 aliphatic heterocycles. The molecule has 1 aromatic heterocycles. The van der Waals surface area contributed by atoms with E-state index in [1.807, 2.05) is 6.20 Å². The molecule has 1 saturated heterocycles. The van der Waals surface area contributed by atoms with Gasteiger partial charge >= 0.3 is 0 Å². The maximum Gasteiger partial charge on any atom is 0.135 e. The Morgan fingerprint density at radius 2 is 2.00 bits per heavy atom. The van der Waals surface area contributed by atoms with Gasteiger partial charge in [0.05, 0.1) is 17.9 Å². The Bertz CT molecular complexity index is 760. The van der Waals surface area contributed by atoms with Gasteiger partial charge in [0, 0.05) is 32.4 Å². The molecule has 2 aliphatic rings. The monoisotopic (exact) mass is 341 g/mol. The predicted octanol–water partition coefficient (Wildman–Crippen LogP) is 2.51. The number of benzene rings is 1. The number of ether oxygens (including phenoxy) is 1. The Hall–Kier alpha value is -1.69. The molecule has 1 fully saturated rings. The highest BCUT2D eigenvalue weighted by atomic mass is 16.5. The molecule has 2 aromatic rings. The van der Waals surface area contributed by atoms with Crippen LogP contribution in [0.25, 0.3) is 0 Å². The molecule has 4 rings (SSSR count). The molecule has 134 valence electrons. The third kappa shape index (κ3) is 3.12. The molecule has 25 heavy (non-hydrogen) atoms. The van der Waals surface area contributed by atoms with Crippen LogP contribution in [0.15, 0.2) is 24.4 Å². The number of hydrogen-bond acceptors (Lipinski definition) is 4. The lowest BCUT2D eigenvalue weighted by Gasteiger charge is -2.39. The second kappa shape index (κ2) is 6.56. The number of aryl methyl sites for hydroxylation is 1. The van der Waals surface area contributed by atoms with Gasteiger partial charge < -0.3 is 14.4 Å². The summed E-state index contributed by atoms with van der Waals surface area (Å²) in [7, 11) is 0. The Morgan fingerprint density at radius 1 is 1.20 bits per heavy atom. The molecule has 3 heterocycles. The van der Waals surface area contributed by atoms with E-state index in [0.29, 0.717) is 6.61 Å². The van der Waals surface area contributed by atoms with E-state index in [2.05, 4.69) is 46.5 Å². The maximum absolute atomic E-state index is 11.2. The van der Waals surface area contributed by atoms with Gasteiger partial charge in [0.1, 0.15) is 12.4 Å². The van der Waals surface area contributed by atoms with Gasteiger partial charge in [0.2, 0.25) is 0 Å². The van der Waals surface area contributed by atoms with Gasteiger partial charge in [-0.2, -0.15) is 0 Å². The largest absolute Gasteiger partial charge is 0.385 e. The second-order valence-corrected chi connectivity index (χ2v) is 7.43. The lowest BCUT2D eigenvalue weighted by atomic mass is 9.81. The van der Waals surface area contributed by atoms with E-state index in [0.717, 1.165) is 57.0 Å². The van der Waals surface area contributed by atoms with Gasteiger partial charge in [0.25, 0.3) is 0 Å². The zero-order valence-electron chi connectivity index (χ0n) is 15.2. The minimum atomic E-state index is -0.697. The molecule has 0 saturated carbocycles. The van der Waals surface area contributed by atoms with Crippen molar-refractivity contribution in [2.45, 2.75) is 52.0 Å². The van der Waals surface area contributed by atoms with Crippen molar-refractivity contribution in [3.63, 3.8) is 0 Å². The normalized spacial score (nSPS) is 20.4. The average Bonchev–Trinajstić information content (AvgIpc) is 3.02. The van der Waals surface area contributed by atoms with E-state index in [9.17, 15) is 5.11 Å². The van der Waals surface area contributed by atoms with Crippen LogP contribution in [-0.2, 0) is 30.0 Å². The van der Waals surface area contributed by atoms with Crippen molar-refractivity contribution >= 4 is 0 Å². The number of aromatic nitrogens is 2. The molecule has 5 heteroatoms. The molecular formula is C20H27N3O2. The van der Waals surface area contributed by atoms with Crippen LogP contribution in [-0.4, -0.2) is 39.3 Å². The Balaban J connectivity index is 1.45. The molecule has 0 unspecified atom stereocenters. The summed E-state index contributed by atoms with van der Waals surface area (Å²) in [4.78, 5) is 6.91. The molecule has 0 spiro atoms. The first-order valence-corrected chi connectivity index (χ1v) is 9.19. The van der Waals surface area contributed by atoms with Crippen molar-refractivity contribution in [2.75, 3.05) is 19.7 Å². The van der Waals surface area contributed by atoms with Crippen molar-refractivity contribution in [2.24, 2.45) is 0 Å². The summed E-state index contributed by atoms with van der Waals surface area (Å²) >= 11 is 0. The highest BCUT2D eigenvalue weighted by Crippen LogP contribution is 2.36. The van der Waals surface area contributed by atoms with E-state index in [1.54, 1.807) is 0 Å². The zero-order valence-corrected chi connectivity index (χ0v) is 15.2. The van der Waals surface area contributed by atoms with E-state index in [-0.39, 0.29) is 0 Å². The van der Waals surface area contributed by atoms with Crippen LogP contribution >= 0.6 is 0 Å². The molecule has 0 aliphatic carbocycles. The summed E-state index contributed by atoms with van der Waals surface area (Å²) in [6.07, 6.45) is 3.54. The number of imidazole rings is 1. The summed E-state index contributed by atoms with van der Waals surface area (Å²) in [5.74, 6) is 1.03. The van der Waals surface area contributed by atoms with Crippen LogP contribution in [0, 0.1) is 13.8 Å². The highest BCUT2D eigenvalue weighted by molar-refractivity contribution is 5.37. The topological polar surface area (TPSA) is 50.5 Å². The quantitative estimate of drug-likeness (QED) is 0.932. The summed E-state index contributed by atoms with van der Waals surface area (Å²) in [5, 5.41) is 11.2. The SMILES string of the molecule is Cc1cccc(C2(O)CCN(Cc3cnc4n3CCOC4)CC2)c1C. The molecule has 5 nitrogen and oxygen atoms in total. The molecule has 1 aromatic carbocycles. The fraction of sp³-hybridized carbons (Fsp3) is 0.550. The van der Waals surface area contributed by atoms with Gasteiger partial charge in [-0.3, -0.25) is 4.90 Å². The number of hydrogen-bond donors (Lipinski definition) is 1. The van der Waals surface area contributed by atoms with E-state index < -0.39 is 5.60 Å². The summed E-state index contributed by atoms with van der Waals surface area (Å²) in [6, 6.07) is 6.26. The minimum absolute atomic E-state index is 0.617. The van der Waals surface area contributed by atoms with Gasteiger partial charge in [-0.15, -0.1) is 0 Å². The molecule has 0 amide bonds. The van der Waals surface area contributed by atoms with Crippen molar-refractivity contribution in [1.82, 2.24) is 14.5 Å². The molecule has 1 N–H and O–H groups in total. The number of likely N-dealkylation sites (tertiary alicyclic amines) is 1. The fourth-order valence-electron chi connectivity index (χ4n) is 4.12. The number of fused-ring (bicyclic) bond motifs is 1. The second-order valence-electron chi connectivity index (χ2n) is 7.43. The Kier molecular flexibility index (Phi) is 4.40. The zero-order chi connectivity index (χ0) is 17.4. The summed E-state index contributed by atoms with van der Waals surface area (Å²) < 4.78 is 7.75. The Morgan fingerprint density at radius 3 is 2.80 bits per heavy atom. The van der Waals surface area contributed by atoms with Crippen LogP contribution in [0.5, 0.6) is 0 Å². The van der Waals surface area contributed by atoms with E-state index >= 15 is 0 Å². The third-order valence-electron chi connectivity index (χ3n) is 5.89. The van der Waals surface area contributed by atoms with Gasteiger partial charge in [-0.25, -0.2) is 4.98 Å². The van der Waals surface area contributed by atoms with E-state index in [4.69, 9.17) is 4.74 Å². The molecule has 0 atom stereocenters. The lowest BCUT2D eigenvalue weighted by Crippen LogP contribution is -2.43. The van der Waals surface area contributed by atoms with Crippen molar-refractivity contribution in [3.05, 3.63) is 52.6 Å². The predicted molar refractivity (Wildman–Crippen MR) is 96.2 cm³/mol. The van der Waals surface area contributed by atoms with Crippen LogP contribution in [0.1, 0.15) is 41.1 Å². The highest BCUT2D eigenvalue weighted by Gasteiger charge is 2.35. The molecular weight excluding hydrogens is 314 g/mol. The summed E-state index contributed by atoms with van der Waals surface area (Å²) in [6.45, 7) is 9.22. The van der Waals surface area contributed by atoms with Crippen LogP contribution in [0.4, 0.5) is 0 Å². The standard InChI is InChI=1S/C20H27N3O2/c1-15-4-3-5-18(16(15)2)20(24)6-8-22(9-7-20)13-17-12-21-19-14-25-11-10-23(17)19/h3-5,12,24H,6-11,13-14H2,1-2H3. The van der Waals surface area contributed by atoms with Gasteiger partial charge in [-0.1, -0.05) is 18.2 Å². The van der Waals surface area contributed by atoms with Crippen molar-refractivity contribution in [3.8, 4) is 0 Å². The number of nitrogens with zero attached hydrogens (tertiary/aromatic N) is 3. The van der Waals surface area contributed by atoms with Crippen LogP contribution in [0.2, 0.25) is 0 Å². The lowest BCUT2D eigenvalue weighted by molar-refractivity contribution is -0.0288. The molecule has 0 bridgehead atoms. The smallest absolute Gasteiger partial charge is 0.135 e. The Labute approximate surface area is 149 Å². The van der Waals surface area contributed by atoms with Crippen LogP contribution in [0.3, 0.4) is 0 Å². The minimum Gasteiger partial charge on any atom is -0.385 e. The summed E-state index contributed by atoms with van der Waals surface area (Å²) in [5.41, 5.74) is 4.14. The number of rotatable bonds is 3. The van der Waals surface area contributed by atoms with Gasteiger partial charge in [-0.05, 0) is 43.4 Å². The van der Waals surface area contributed by atoms with E-state index in [1.165, 1.54) is 16.8 Å². The first-order valence-electron chi connectivity index (χ1n) is 9.19. The average molecular weight is 341 g/mol. The fourth-order valence-corrected chi connectivity index (χ4v) is 4.12. The first-order chi connectivity index (χ1) is 12.1. The first kappa shape index (κ1) is 16.8. The number of piperidine rings is 1. The van der Waals surface area contributed by atoms with Gasteiger partial charge in [0.15, 0.2) is 0 Å². The van der Waals surface area contributed by atoms with Crippen molar-refractivity contribution in [1.29, 1.82) is 0 Å². The number of aliphatic hydroxyl groups is 1. The molecule has 0 radical (unpaired) electrons. The van der Waals surface area contributed by atoms with Crippen LogP contribution < -0.4 is 0 Å². The van der Waals surface area contributed by atoms with Crippen molar-refractivity contribution < 1.29 is 9.84 Å². The maximum atomic E-state index is 11.2. The third-order valence-corrected chi connectivity index (χ3v) is 5.89.